The fourth-order valence-electron chi connectivity index (χ4n) is 2.75. The van der Waals surface area contributed by atoms with Gasteiger partial charge in [-0.25, -0.2) is 4.39 Å². The van der Waals surface area contributed by atoms with Crippen LogP contribution in [0.4, 0.5) is 4.39 Å². The minimum Gasteiger partial charge on any atom is -0.310 e. The standard InChI is InChI=1S/C15H22FN/c1-10-4-7-15(12(10)3)17-9-13-5-6-14(16)8-11(13)2/h5-6,8,10,12,15,17H,4,7,9H2,1-3H3. The fourth-order valence-corrected chi connectivity index (χ4v) is 2.75. The first-order valence-corrected chi connectivity index (χ1v) is 6.56. The van der Waals surface area contributed by atoms with Gasteiger partial charge in [0.2, 0.25) is 0 Å². The van der Waals surface area contributed by atoms with Gasteiger partial charge in [0.1, 0.15) is 5.82 Å². The molecule has 1 saturated carbocycles. The smallest absolute Gasteiger partial charge is 0.123 e. The zero-order valence-corrected chi connectivity index (χ0v) is 11.0. The first-order chi connectivity index (χ1) is 8.08. The van der Waals surface area contributed by atoms with Crippen LogP contribution in [0.3, 0.4) is 0 Å². The van der Waals surface area contributed by atoms with Crippen LogP contribution in [0.5, 0.6) is 0 Å². The summed E-state index contributed by atoms with van der Waals surface area (Å²) in [5.74, 6) is 1.42. The van der Waals surface area contributed by atoms with Crippen LogP contribution in [-0.2, 0) is 6.54 Å². The van der Waals surface area contributed by atoms with Crippen LogP contribution in [0.1, 0.15) is 37.8 Å². The molecule has 0 saturated heterocycles. The number of halogens is 1. The lowest BCUT2D eigenvalue weighted by Crippen LogP contribution is -2.32. The normalized spacial score (nSPS) is 28.6. The van der Waals surface area contributed by atoms with E-state index < -0.39 is 0 Å². The first kappa shape index (κ1) is 12.6. The van der Waals surface area contributed by atoms with Gasteiger partial charge in [-0.3, -0.25) is 0 Å². The Kier molecular flexibility index (Phi) is 3.82. The Labute approximate surface area is 103 Å². The summed E-state index contributed by atoms with van der Waals surface area (Å²) in [6, 6.07) is 5.66. The number of hydrogen-bond donors (Lipinski definition) is 1. The van der Waals surface area contributed by atoms with Crippen LogP contribution in [0.25, 0.3) is 0 Å². The van der Waals surface area contributed by atoms with E-state index in [1.165, 1.54) is 18.4 Å². The molecule has 1 N–H and O–H groups in total. The van der Waals surface area contributed by atoms with Crippen molar-refractivity contribution in [3.8, 4) is 0 Å². The van der Waals surface area contributed by atoms with Gasteiger partial charge in [-0.1, -0.05) is 19.9 Å². The van der Waals surface area contributed by atoms with Crippen molar-refractivity contribution in [2.24, 2.45) is 11.8 Å². The van der Waals surface area contributed by atoms with Gasteiger partial charge in [-0.15, -0.1) is 0 Å². The zero-order chi connectivity index (χ0) is 12.4. The molecule has 0 heterocycles. The molecule has 17 heavy (non-hydrogen) atoms. The molecule has 3 unspecified atom stereocenters. The van der Waals surface area contributed by atoms with Gasteiger partial charge in [0.15, 0.2) is 0 Å². The molecule has 0 amide bonds. The fraction of sp³-hybridized carbons (Fsp3) is 0.600. The highest BCUT2D eigenvalue weighted by molar-refractivity contribution is 5.26. The second-order valence-electron chi connectivity index (χ2n) is 5.47. The maximum atomic E-state index is 13.0. The quantitative estimate of drug-likeness (QED) is 0.843. The molecule has 0 radical (unpaired) electrons. The number of nitrogens with one attached hydrogen (secondary N) is 1. The van der Waals surface area contributed by atoms with E-state index >= 15 is 0 Å². The molecule has 94 valence electrons. The highest BCUT2D eigenvalue weighted by Gasteiger charge is 2.28. The Hall–Kier alpha value is -0.890. The maximum absolute atomic E-state index is 13.0. The van der Waals surface area contributed by atoms with Crippen LogP contribution >= 0.6 is 0 Å². The van der Waals surface area contributed by atoms with Gasteiger partial charge in [-0.05, 0) is 54.9 Å². The highest BCUT2D eigenvalue weighted by atomic mass is 19.1. The van der Waals surface area contributed by atoms with Crippen molar-refractivity contribution in [1.82, 2.24) is 5.32 Å². The summed E-state index contributed by atoms with van der Waals surface area (Å²) in [7, 11) is 0. The Morgan fingerprint density at radius 3 is 2.65 bits per heavy atom. The molecule has 1 aliphatic carbocycles. The molecule has 1 nitrogen and oxygen atoms in total. The minimum absolute atomic E-state index is 0.144. The van der Waals surface area contributed by atoms with Crippen molar-refractivity contribution in [2.75, 3.05) is 0 Å². The molecule has 2 rings (SSSR count). The largest absolute Gasteiger partial charge is 0.310 e. The summed E-state index contributed by atoms with van der Waals surface area (Å²) in [6.45, 7) is 7.48. The predicted molar refractivity (Wildman–Crippen MR) is 69.3 cm³/mol. The van der Waals surface area contributed by atoms with Gasteiger partial charge in [0.25, 0.3) is 0 Å². The average molecular weight is 235 g/mol. The molecule has 1 fully saturated rings. The summed E-state index contributed by atoms with van der Waals surface area (Å²) < 4.78 is 13.0. The molecule has 1 aliphatic rings. The van der Waals surface area contributed by atoms with Crippen molar-refractivity contribution < 1.29 is 4.39 Å². The van der Waals surface area contributed by atoms with Crippen LogP contribution in [0, 0.1) is 24.6 Å². The summed E-state index contributed by atoms with van der Waals surface area (Å²) in [4.78, 5) is 0. The Morgan fingerprint density at radius 2 is 2.06 bits per heavy atom. The Morgan fingerprint density at radius 1 is 1.29 bits per heavy atom. The van der Waals surface area contributed by atoms with Crippen molar-refractivity contribution >= 4 is 0 Å². The molecular formula is C15H22FN. The van der Waals surface area contributed by atoms with Crippen LogP contribution in [-0.4, -0.2) is 6.04 Å². The van der Waals surface area contributed by atoms with Crippen molar-refractivity contribution in [3.05, 3.63) is 35.1 Å². The summed E-state index contributed by atoms with van der Waals surface area (Å²) in [6.07, 6.45) is 2.59. The zero-order valence-electron chi connectivity index (χ0n) is 11.0. The third kappa shape index (κ3) is 2.86. The summed E-state index contributed by atoms with van der Waals surface area (Å²) in [5, 5.41) is 3.62. The van der Waals surface area contributed by atoms with E-state index in [0.29, 0.717) is 6.04 Å². The SMILES string of the molecule is Cc1cc(F)ccc1CNC1CCC(C)C1C. The highest BCUT2D eigenvalue weighted by Crippen LogP contribution is 2.31. The molecule has 0 aliphatic heterocycles. The molecule has 3 atom stereocenters. The van der Waals surface area contributed by atoms with E-state index in [1.54, 1.807) is 12.1 Å². The molecule has 0 aromatic heterocycles. The molecule has 1 aromatic rings. The number of aryl methyl sites for hydroxylation is 1. The van der Waals surface area contributed by atoms with Gasteiger partial charge in [0, 0.05) is 12.6 Å². The molecular weight excluding hydrogens is 213 g/mol. The first-order valence-electron chi connectivity index (χ1n) is 6.56. The number of hydrogen-bond acceptors (Lipinski definition) is 1. The maximum Gasteiger partial charge on any atom is 0.123 e. The van der Waals surface area contributed by atoms with Gasteiger partial charge in [0.05, 0.1) is 0 Å². The summed E-state index contributed by atoms with van der Waals surface area (Å²) in [5.41, 5.74) is 2.24. The topological polar surface area (TPSA) is 12.0 Å². The predicted octanol–water partition coefficient (Wildman–Crippen LogP) is 3.66. The summed E-state index contributed by atoms with van der Waals surface area (Å²) >= 11 is 0. The lowest BCUT2D eigenvalue weighted by molar-refractivity contribution is 0.369. The molecule has 2 heteroatoms. The van der Waals surface area contributed by atoms with Crippen molar-refractivity contribution in [2.45, 2.75) is 46.2 Å². The van der Waals surface area contributed by atoms with E-state index in [1.807, 2.05) is 13.0 Å². The number of rotatable bonds is 3. The Balaban J connectivity index is 1.94. The second-order valence-corrected chi connectivity index (χ2v) is 5.47. The third-order valence-electron chi connectivity index (χ3n) is 4.32. The van der Waals surface area contributed by atoms with Crippen molar-refractivity contribution in [1.29, 1.82) is 0 Å². The van der Waals surface area contributed by atoms with Gasteiger partial charge in [-0.2, -0.15) is 0 Å². The van der Waals surface area contributed by atoms with E-state index in [2.05, 4.69) is 19.2 Å². The van der Waals surface area contributed by atoms with Crippen LogP contribution < -0.4 is 5.32 Å². The second kappa shape index (κ2) is 5.18. The van der Waals surface area contributed by atoms with E-state index in [0.717, 1.165) is 23.9 Å². The van der Waals surface area contributed by atoms with Gasteiger partial charge >= 0.3 is 0 Å². The lowest BCUT2D eigenvalue weighted by Gasteiger charge is -2.20. The molecule has 0 bridgehead atoms. The van der Waals surface area contributed by atoms with Crippen molar-refractivity contribution in [3.63, 3.8) is 0 Å². The van der Waals surface area contributed by atoms with E-state index in [-0.39, 0.29) is 5.82 Å². The van der Waals surface area contributed by atoms with Crippen LogP contribution in [0.15, 0.2) is 18.2 Å². The van der Waals surface area contributed by atoms with E-state index in [9.17, 15) is 4.39 Å². The van der Waals surface area contributed by atoms with Gasteiger partial charge < -0.3 is 5.32 Å². The third-order valence-corrected chi connectivity index (χ3v) is 4.32. The Bertz CT molecular complexity index is 389. The molecule has 0 spiro atoms. The lowest BCUT2D eigenvalue weighted by atomic mass is 9.97. The monoisotopic (exact) mass is 235 g/mol. The average Bonchev–Trinajstić information content (AvgIpc) is 2.59. The number of benzene rings is 1. The van der Waals surface area contributed by atoms with E-state index in [4.69, 9.17) is 0 Å². The minimum atomic E-state index is -0.144. The molecule has 1 aromatic carbocycles. The van der Waals surface area contributed by atoms with Crippen LogP contribution in [0.2, 0.25) is 0 Å².